The molecule has 41 valence electrons. The Hall–Kier alpha value is 3.85. The van der Waals surface area contributed by atoms with E-state index in [0.29, 0.717) is 9.47 Å². The number of halogens is 4. The first kappa shape index (κ1) is 16.4. The molecule has 0 N–H and O–H groups in total. The van der Waals surface area contributed by atoms with Crippen molar-refractivity contribution in [3.63, 3.8) is 0 Å². The molecule has 0 aromatic carbocycles. The average Bonchev–Trinajstić information content (AvgIpc) is 1.46. The van der Waals surface area contributed by atoms with Gasteiger partial charge in [0.25, 0.3) is 0 Å². The van der Waals surface area contributed by atoms with Crippen molar-refractivity contribution in [3.8, 4) is 0 Å². The molecule has 6 heavy (non-hydrogen) atoms. The number of hydrogen-bond donors (Lipinski definition) is 0. The third kappa shape index (κ3) is 24.8. The minimum absolute atomic E-state index is 0. The van der Waals surface area contributed by atoms with Gasteiger partial charge in [-0.1, -0.05) is 0 Å². The quantitative estimate of drug-likeness (QED) is 0.377. The van der Waals surface area contributed by atoms with Crippen molar-refractivity contribution in [2.75, 3.05) is 0 Å². The molecule has 0 aromatic rings. The van der Waals surface area contributed by atoms with Crippen molar-refractivity contribution < 1.29 is 9.47 Å². The SMILES string of the molecule is II.S.[I][V][I]. The van der Waals surface area contributed by atoms with Gasteiger partial charge >= 0.3 is 49.4 Å². The Bertz CT molecular complexity index is 7.51. The first-order valence-electron chi connectivity index (χ1n) is 0.481. The fourth-order valence-corrected chi connectivity index (χ4v) is 0. The van der Waals surface area contributed by atoms with E-state index in [2.05, 4.69) is 77.2 Å². The number of rotatable bonds is 0. The third-order valence-corrected chi connectivity index (χ3v) is 0. The fraction of sp³-hybridized carbons (Fsp3) is 0. The van der Waals surface area contributed by atoms with Crippen LogP contribution in [0.4, 0.5) is 0 Å². The average molecular weight is 593 g/mol. The van der Waals surface area contributed by atoms with Crippen LogP contribution >= 0.6 is 90.7 Å². The molecule has 0 rings (SSSR count). The molecular formula is H2I4SV. The minimum atomic E-state index is 0. The van der Waals surface area contributed by atoms with Gasteiger partial charge in [-0.25, -0.2) is 0 Å². The Morgan fingerprint density at radius 2 is 1.00 bits per heavy atom. The molecule has 0 amide bonds. The van der Waals surface area contributed by atoms with E-state index in [0.717, 1.165) is 0 Å². The Labute approximate surface area is 97.3 Å². The van der Waals surface area contributed by atoms with E-state index < -0.39 is 0 Å². The summed E-state index contributed by atoms with van der Waals surface area (Å²) >= 11 is 8.98. The summed E-state index contributed by atoms with van der Waals surface area (Å²) in [5, 5.41) is 0. The monoisotopic (exact) mass is 593 g/mol. The third-order valence-electron chi connectivity index (χ3n) is 0. The van der Waals surface area contributed by atoms with Crippen molar-refractivity contribution >= 4 is 90.7 Å². The van der Waals surface area contributed by atoms with Crippen LogP contribution < -0.4 is 0 Å². The van der Waals surface area contributed by atoms with E-state index in [4.69, 9.17) is 0 Å². The topological polar surface area (TPSA) is 0 Å². The van der Waals surface area contributed by atoms with Crippen LogP contribution in [0.3, 0.4) is 0 Å². The first-order valence-corrected chi connectivity index (χ1v) is 15.8. The molecule has 0 saturated heterocycles. The zero-order chi connectivity index (χ0) is 4.71. The predicted molar refractivity (Wildman–Crippen MR) is 66.5 cm³/mol. The summed E-state index contributed by atoms with van der Waals surface area (Å²) in [5.74, 6) is 0. The summed E-state index contributed by atoms with van der Waals surface area (Å²) in [4.78, 5) is 0. The van der Waals surface area contributed by atoms with Crippen LogP contribution in [-0.2, 0) is 9.47 Å². The van der Waals surface area contributed by atoms with Crippen molar-refractivity contribution in [3.05, 3.63) is 0 Å². The molecule has 6 heteroatoms. The Morgan fingerprint density at radius 1 is 1.00 bits per heavy atom. The molecule has 0 spiro atoms. The van der Waals surface area contributed by atoms with E-state index in [9.17, 15) is 0 Å². The maximum absolute atomic E-state index is 2.37. The zero-order valence-corrected chi connectivity index (χ0v) is 13.5. The van der Waals surface area contributed by atoms with Gasteiger partial charge in [-0.05, 0) is 0 Å². The second kappa shape index (κ2) is 23.2. The van der Waals surface area contributed by atoms with Crippen LogP contribution in [0.25, 0.3) is 0 Å². The molecule has 0 aliphatic heterocycles. The Balaban J connectivity index is -0.0000000275. The van der Waals surface area contributed by atoms with Gasteiger partial charge in [-0.2, -0.15) is 13.5 Å². The Morgan fingerprint density at radius 3 is 1.00 bits per heavy atom. The van der Waals surface area contributed by atoms with Crippen molar-refractivity contribution in [1.29, 1.82) is 0 Å². The zero-order valence-electron chi connectivity index (χ0n) is 2.46. The summed E-state index contributed by atoms with van der Waals surface area (Å²) in [6.07, 6.45) is 0. The summed E-state index contributed by atoms with van der Waals surface area (Å²) in [6.45, 7) is 0. The van der Waals surface area contributed by atoms with Crippen LogP contribution in [-0.4, -0.2) is 0 Å². The molecule has 0 radical (unpaired) electrons. The van der Waals surface area contributed by atoms with Gasteiger partial charge in [0.15, 0.2) is 0 Å². The van der Waals surface area contributed by atoms with Crippen LogP contribution in [0.5, 0.6) is 0 Å². The van der Waals surface area contributed by atoms with Crippen LogP contribution in [0.2, 0.25) is 0 Å². The molecule has 0 saturated carbocycles. The summed E-state index contributed by atoms with van der Waals surface area (Å²) in [7, 11) is 0.628. The van der Waals surface area contributed by atoms with Gasteiger partial charge < -0.3 is 0 Å². The van der Waals surface area contributed by atoms with Crippen LogP contribution in [0, 0.1) is 0 Å². The standard InChI is InChI=1S/I2.2HI.H2S.V/c1-2;;;;/h;2*1H;1H2;/q;;;;+2/p-2. The summed E-state index contributed by atoms with van der Waals surface area (Å²) in [6, 6.07) is 0. The predicted octanol–water partition coefficient (Wildman–Crippen LogP) is 3.65. The van der Waals surface area contributed by atoms with E-state index in [1.165, 1.54) is 0 Å². The molecule has 0 bridgehead atoms. The van der Waals surface area contributed by atoms with Crippen LogP contribution in [0.15, 0.2) is 0 Å². The first-order chi connectivity index (χ1) is 2.41. The van der Waals surface area contributed by atoms with Gasteiger partial charge in [0, 0.05) is 37.2 Å². The van der Waals surface area contributed by atoms with Crippen LogP contribution in [0.1, 0.15) is 0 Å². The van der Waals surface area contributed by atoms with Crippen molar-refractivity contribution in [2.24, 2.45) is 0 Å². The normalized spacial score (nSPS) is 3.33. The molecule has 0 nitrogen and oxygen atoms in total. The van der Waals surface area contributed by atoms with Gasteiger partial charge in [0.05, 0.1) is 0 Å². The van der Waals surface area contributed by atoms with E-state index >= 15 is 0 Å². The fourth-order valence-electron chi connectivity index (χ4n) is 0. The van der Waals surface area contributed by atoms with E-state index in [1.54, 1.807) is 0 Å². The van der Waals surface area contributed by atoms with Crippen molar-refractivity contribution in [2.45, 2.75) is 0 Å². The number of hydrogen-bond acceptors (Lipinski definition) is 0. The van der Waals surface area contributed by atoms with Gasteiger partial charge in [-0.15, -0.1) is 0 Å². The van der Waals surface area contributed by atoms with Gasteiger partial charge in [0.2, 0.25) is 0 Å². The summed E-state index contributed by atoms with van der Waals surface area (Å²) < 4.78 is 0. The Kier molecular flexibility index (Phi) is 63.5. The molecule has 0 fully saturated rings. The van der Waals surface area contributed by atoms with E-state index in [1.807, 2.05) is 0 Å². The van der Waals surface area contributed by atoms with Gasteiger partial charge in [0.1, 0.15) is 0 Å². The maximum atomic E-state index is 2.37. The molecule has 0 aliphatic carbocycles. The second-order valence-electron chi connectivity index (χ2n) is 0.0639. The summed E-state index contributed by atoms with van der Waals surface area (Å²) in [5.41, 5.74) is 0. The van der Waals surface area contributed by atoms with Gasteiger partial charge in [-0.3, -0.25) is 0 Å². The molecule has 0 unspecified atom stereocenters. The molecule has 0 atom stereocenters. The molecule has 0 aromatic heterocycles. The second-order valence-corrected chi connectivity index (χ2v) is 11.9. The molecular weight excluding hydrogens is 591 g/mol. The van der Waals surface area contributed by atoms with E-state index in [-0.39, 0.29) is 13.5 Å². The molecule has 0 heterocycles. The van der Waals surface area contributed by atoms with Crippen molar-refractivity contribution in [1.82, 2.24) is 0 Å². The molecule has 0 aliphatic rings.